The van der Waals surface area contributed by atoms with Crippen LogP contribution < -0.4 is 5.32 Å². The van der Waals surface area contributed by atoms with Crippen molar-refractivity contribution < 1.29 is 4.79 Å². The zero-order valence-corrected chi connectivity index (χ0v) is 20.0. The van der Waals surface area contributed by atoms with Gasteiger partial charge in [0.1, 0.15) is 16.2 Å². The lowest BCUT2D eigenvalue weighted by molar-refractivity contribution is -0.119. The molecule has 2 N–H and O–H groups in total. The van der Waals surface area contributed by atoms with E-state index in [-0.39, 0.29) is 11.5 Å². The molecule has 0 atom stereocenters. The molecule has 4 aromatic rings. The van der Waals surface area contributed by atoms with Crippen LogP contribution in [-0.2, 0) is 10.3 Å². The Morgan fingerprint density at radius 1 is 1.09 bits per heavy atom. The number of amides is 1. The third-order valence-electron chi connectivity index (χ3n) is 6.41. The lowest BCUT2D eigenvalue weighted by atomic mass is 9.86. The minimum atomic E-state index is -0.481. The van der Waals surface area contributed by atoms with Crippen LogP contribution in [0.2, 0.25) is 0 Å². The molecule has 2 heterocycles. The highest BCUT2D eigenvalue weighted by molar-refractivity contribution is 9.10. The van der Waals surface area contributed by atoms with E-state index in [2.05, 4.69) is 72.8 Å². The van der Waals surface area contributed by atoms with Crippen molar-refractivity contribution in [2.24, 2.45) is 0 Å². The van der Waals surface area contributed by atoms with Crippen LogP contribution in [0.5, 0.6) is 0 Å². The first-order valence-electron chi connectivity index (χ1n) is 11.2. The largest absolute Gasteiger partial charge is 0.342 e. The van der Waals surface area contributed by atoms with Gasteiger partial charge >= 0.3 is 0 Å². The maximum absolute atomic E-state index is 13.1. The van der Waals surface area contributed by atoms with E-state index >= 15 is 0 Å². The molecule has 0 spiro atoms. The summed E-state index contributed by atoms with van der Waals surface area (Å²) in [6, 6.07) is 22.0. The van der Waals surface area contributed by atoms with E-state index in [1.54, 1.807) is 12.1 Å². The number of nitrogens with one attached hydrogen (secondary N) is 2. The number of rotatable bonds is 5. The molecule has 0 aliphatic heterocycles. The molecule has 2 aromatic heterocycles. The molecule has 34 heavy (non-hydrogen) atoms. The SMILES string of the molecule is N#C/C(=C\c1cccc(Br)n1)C(=O)NC1(c2ccc(-c3ccc4[nH]ncc4c3)cc2)CCCC1. The summed E-state index contributed by atoms with van der Waals surface area (Å²) >= 11 is 3.32. The quantitative estimate of drug-likeness (QED) is 0.198. The molecule has 0 radical (unpaired) electrons. The monoisotopic (exact) mass is 511 g/mol. The van der Waals surface area contributed by atoms with Crippen LogP contribution in [-0.4, -0.2) is 21.1 Å². The Bertz CT molecular complexity index is 1430. The summed E-state index contributed by atoms with van der Waals surface area (Å²) in [6.45, 7) is 0. The number of halogens is 1. The van der Waals surface area contributed by atoms with E-state index in [1.165, 1.54) is 6.08 Å². The number of aromatic nitrogens is 3. The van der Waals surface area contributed by atoms with Crippen molar-refractivity contribution in [1.29, 1.82) is 5.26 Å². The van der Waals surface area contributed by atoms with Crippen molar-refractivity contribution in [3.05, 3.63) is 88.3 Å². The van der Waals surface area contributed by atoms with Crippen molar-refractivity contribution >= 4 is 38.8 Å². The van der Waals surface area contributed by atoms with Crippen molar-refractivity contribution in [2.75, 3.05) is 0 Å². The fourth-order valence-corrected chi connectivity index (χ4v) is 5.01. The van der Waals surface area contributed by atoms with Crippen molar-refractivity contribution in [3.63, 3.8) is 0 Å². The number of nitrogens with zero attached hydrogens (tertiary/aromatic N) is 3. The van der Waals surface area contributed by atoms with Gasteiger partial charge in [-0.05, 0) is 75.8 Å². The predicted octanol–water partition coefficient (Wildman–Crippen LogP) is 5.88. The molecule has 1 fully saturated rings. The summed E-state index contributed by atoms with van der Waals surface area (Å²) in [4.78, 5) is 17.4. The third kappa shape index (κ3) is 4.37. The third-order valence-corrected chi connectivity index (χ3v) is 6.86. The topological polar surface area (TPSA) is 94.5 Å². The predicted molar refractivity (Wildman–Crippen MR) is 135 cm³/mol. The Morgan fingerprint density at radius 3 is 2.59 bits per heavy atom. The first-order valence-corrected chi connectivity index (χ1v) is 12.0. The van der Waals surface area contributed by atoms with Gasteiger partial charge < -0.3 is 5.32 Å². The second-order valence-electron chi connectivity index (χ2n) is 8.55. The normalized spacial score (nSPS) is 15.2. The lowest BCUT2D eigenvalue weighted by Crippen LogP contribution is -2.44. The van der Waals surface area contributed by atoms with Crippen LogP contribution in [0.1, 0.15) is 36.9 Å². The maximum atomic E-state index is 13.1. The van der Waals surface area contributed by atoms with Gasteiger partial charge in [-0.2, -0.15) is 10.4 Å². The van der Waals surface area contributed by atoms with Crippen LogP contribution in [0.4, 0.5) is 0 Å². The standard InChI is InChI=1S/C27H22BrN5O/c28-25-5-3-4-23(31-25)15-20(16-29)26(34)32-27(12-1-2-13-27)22-9-6-18(7-10-22)19-8-11-24-21(14-19)17-30-33-24/h3-11,14-15,17H,1-2,12-13H2,(H,30,33)(H,32,34)/b20-15+. The molecule has 1 amide bonds. The number of H-pyrrole nitrogens is 1. The number of carbonyl (C=O) groups excluding carboxylic acids is 1. The summed E-state index contributed by atoms with van der Waals surface area (Å²) in [5.74, 6) is -0.374. The van der Waals surface area contributed by atoms with E-state index in [4.69, 9.17) is 0 Å². The Hall–Kier alpha value is -3.76. The van der Waals surface area contributed by atoms with Crippen LogP contribution in [0.25, 0.3) is 28.1 Å². The van der Waals surface area contributed by atoms with Gasteiger partial charge in [0.25, 0.3) is 5.91 Å². The van der Waals surface area contributed by atoms with Gasteiger partial charge in [-0.1, -0.05) is 49.2 Å². The average molecular weight is 512 g/mol. The van der Waals surface area contributed by atoms with Crippen molar-refractivity contribution in [1.82, 2.24) is 20.5 Å². The van der Waals surface area contributed by atoms with Crippen LogP contribution >= 0.6 is 15.9 Å². The molecule has 1 saturated carbocycles. The minimum absolute atomic E-state index is 0.0434. The van der Waals surface area contributed by atoms with Gasteiger partial charge in [-0.3, -0.25) is 9.89 Å². The fourth-order valence-electron chi connectivity index (χ4n) is 4.65. The van der Waals surface area contributed by atoms with E-state index in [0.29, 0.717) is 10.3 Å². The van der Waals surface area contributed by atoms with Gasteiger partial charge in [-0.15, -0.1) is 0 Å². The first-order chi connectivity index (χ1) is 16.6. The highest BCUT2D eigenvalue weighted by Gasteiger charge is 2.37. The highest BCUT2D eigenvalue weighted by atomic mass is 79.9. The molecule has 0 bridgehead atoms. The Kier molecular flexibility index (Phi) is 5.99. The average Bonchev–Trinajstić information content (AvgIpc) is 3.52. The summed E-state index contributed by atoms with van der Waals surface area (Å²) in [7, 11) is 0. The van der Waals surface area contributed by atoms with E-state index in [0.717, 1.165) is 53.3 Å². The van der Waals surface area contributed by atoms with Gasteiger partial charge in [-0.25, -0.2) is 4.98 Å². The summed E-state index contributed by atoms with van der Waals surface area (Å²) in [6.07, 6.45) is 7.08. The smallest absolute Gasteiger partial charge is 0.262 e. The van der Waals surface area contributed by atoms with Gasteiger partial charge in [0, 0.05) is 5.39 Å². The molecule has 5 rings (SSSR count). The molecule has 2 aromatic carbocycles. The lowest BCUT2D eigenvalue weighted by Gasteiger charge is -2.31. The summed E-state index contributed by atoms with van der Waals surface area (Å²) in [5, 5.41) is 21.0. The van der Waals surface area contributed by atoms with Crippen LogP contribution in [0.3, 0.4) is 0 Å². The number of hydrogen-bond acceptors (Lipinski definition) is 4. The molecule has 0 saturated heterocycles. The van der Waals surface area contributed by atoms with E-state index in [1.807, 2.05) is 24.4 Å². The number of fused-ring (bicyclic) bond motifs is 1. The van der Waals surface area contributed by atoms with E-state index in [9.17, 15) is 10.1 Å². The summed E-state index contributed by atoms with van der Waals surface area (Å²) < 4.78 is 0.651. The van der Waals surface area contributed by atoms with Crippen LogP contribution in [0, 0.1) is 11.3 Å². The summed E-state index contributed by atoms with van der Waals surface area (Å²) in [5.41, 5.74) is 4.40. The molecule has 6 nitrogen and oxygen atoms in total. The number of carbonyl (C=O) groups is 1. The number of benzene rings is 2. The van der Waals surface area contributed by atoms with Gasteiger partial charge in [0.05, 0.1) is 22.9 Å². The molecule has 1 aliphatic carbocycles. The van der Waals surface area contributed by atoms with Crippen molar-refractivity contribution in [2.45, 2.75) is 31.2 Å². The molecule has 0 unspecified atom stereocenters. The molecular formula is C27H22BrN5O. The number of aromatic amines is 1. The molecular weight excluding hydrogens is 490 g/mol. The van der Waals surface area contributed by atoms with Crippen molar-refractivity contribution in [3.8, 4) is 17.2 Å². The molecule has 1 aliphatic rings. The maximum Gasteiger partial charge on any atom is 0.262 e. The fraction of sp³-hybridized carbons (Fsp3) is 0.185. The number of pyridine rings is 1. The zero-order valence-electron chi connectivity index (χ0n) is 18.4. The molecule has 7 heteroatoms. The van der Waals surface area contributed by atoms with Gasteiger partial charge in [0.15, 0.2) is 0 Å². The number of hydrogen-bond donors (Lipinski definition) is 2. The second kappa shape index (κ2) is 9.24. The molecule has 168 valence electrons. The minimum Gasteiger partial charge on any atom is -0.342 e. The Labute approximate surface area is 205 Å². The number of nitriles is 1. The van der Waals surface area contributed by atoms with Gasteiger partial charge in [0.2, 0.25) is 0 Å². The second-order valence-corrected chi connectivity index (χ2v) is 9.36. The Morgan fingerprint density at radius 2 is 1.85 bits per heavy atom. The first kappa shape index (κ1) is 22.1. The Balaban J connectivity index is 1.41. The zero-order chi connectivity index (χ0) is 23.5. The van der Waals surface area contributed by atoms with E-state index < -0.39 is 5.54 Å². The van der Waals surface area contributed by atoms with Crippen LogP contribution in [0.15, 0.2) is 77.0 Å². The highest BCUT2D eigenvalue weighted by Crippen LogP contribution is 2.39.